The Hall–Kier alpha value is 0.230. The molecule has 0 fully saturated rings. The van der Waals surface area contributed by atoms with Crippen LogP contribution in [0.5, 0.6) is 0 Å². The average Bonchev–Trinajstić information content (AvgIpc) is 2.00. The fourth-order valence-corrected chi connectivity index (χ4v) is 0.774. The van der Waals surface area contributed by atoms with E-state index in [1.54, 1.807) is 0 Å². The molecular formula is C6H14O3S. The van der Waals surface area contributed by atoms with Gasteiger partial charge in [-0.25, -0.2) is 0 Å². The second-order valence-corrected chi connectivity index (χ2v) is 3.32. The fourth-order valence-electron chi connectivity index (χ4n) is 0.616. The van der Waals surface area contributed by atoms with Crippen molar-refractivity contribution in [1.82, 2.24) is 0 Å². The van der Waals surface area contributed by atoms with E-state index in [9.17, 15) is 0 Å². The lowest BCUT2D eigenvalue weighted by molar-refractivity contribution is 0.159. The van der Waals surface area contributed by atoms with Crippen molar-refractivity contribution in [2.24, 2.45) is 0 Å². The summed E-state index contributed by atoms with van der Waals surface area (Å²) in [7, 11) is 0. The summed E-state index contributed by atoms with van der Waals surface area (Å²) in [5.74, 6) is 0. The van der Waals surface area contributed by atoms with Gasteiger partial charge in [-0.05, 0) is 12.8 Å². The number of aliphatic hydroxyl groups is 3. The molecular weight excluding hydrogens is 152 g/mol. The molecule has 0 atom stereocenters. The number of hydrogen-bond donors (Lipinski definition) is 4. The van der Waals surface area contributed by atoms with E-state index < -0.39 is 4.75 Å². The van der Waals surface area contributed by atoms with Gasteiger partial charge >= 0.3 is 0 Å². The van der Waals surface area contributed by atoms with Crippen LogP contribution in [0, 0.1) is 0 Å². The van der Waals surface area contributed by atoms with Gasteiger partial charge in [-0.15, -0.1) is 0 Å². The van der Waals surface area contributed by atoms with Gasteiger partial charge in [0.25, 0.3) is 0 Å². The summed E-state index contributed by atoms with van der Waals surface area (Å²) in [5, 5.41) is 25.8. The normalized spacial score (nSPS) is 12.0. The van der Waals surface area contributed by atoms with Crippen LogP contribution in [0.2, 0.25) is 0 Å². The quantitative estimate of drug-likeness (QED) is 0.413. The molecule has 0 aliphatic heterocycles. The summed E-state index contributed by atoms with van der Waals surface area (Å²) in [6, 6.07) is 0. The third-order valence-electron chi connectivity index (χ3n) is 1.39. The zero-order chi connectivity index (χ0) is 8.04. The van der Waals surface area contributed by atoms with Crippen molar-refractivity contribution >= 4 is 12.6 Å². The van der Waals surface area contributed by atoms with Gasteiger partial charge in [0, 0.05) is 6.61 Å². The minimum atomic E-state index is -0.720. The lowest BCUT2D eigenvalue weighted by Crippen LogP contribution is -2.31. The van der Waals surface area contributed by atoms with Crippen molar-refractivity contribution in [1.29, 1.82) is 0 Å². The zero-order valence-electron chi connectivity index (χ0n) is 5.82. The Kier molecular flexibility index (Phi) is 5.07. The Morgan fingerprint density at radius 3 is 1.90 bits per heavy atom. The molecule has 0 heterocycles. The molecule has 0 amide bonds. The molecule has 62 valence electrons. The van der Waals surface area contributed by atoms with Crippen LogP contribution in [0.3, 0.4) is 0 Å². The predicted octanol–water partition coefficient (Wildman–Crippen LogP) is -0.588. The van der Waals surface area contributed by atoms with Gasteiger partial charge in [-0.1, -0.05) is 0 Å². The molecule has 3 N–H and O–H groups in total. The molecule has 0 aromatic heterocycles. The van der Waals surface area contributed by atoms with E-state index in [-0.39, 0.29) is 19.8 Å². The van der Waals surface area contributed by atoms with Crippen LogP contribution in [0.4, 0.5) is 0 Å². The topological polar surface area (TPSA) is 60.7 Å². The summed E-state index contributed by atoms with van der Waals surface area (Å²) in [4.78, 5) is 0. The average molecular weight is 166 g/mol. The van der Waals surface area contributed by atoms with Crippen LogP contribution < -0.4 is 0 Å². The summed E-state index contributed by atoms with van der Waals surface area (Å²) in [6.45, 7) is -0.248. The van der Waals surface area contributed by atoms with E-state index in [1.807, 2.05) is 0 Å². The highest BCUT2D eigenvalue weighted by Crippen LogP contribution is 2.18. The molecule has 0 aromatic rings. The number of aliphatic hydroxyl groups excluding tert-OH is 3. The summed E-state index contributed by atoms with van der Waals surface area (Å²) in [6.07, 6.45) is 1.09. The van der Waals surface area contributed by atoms with Gasteiger partial charge in [0.15, 0.2) is 0 Å². The van der Waals surface area contributed by atoms with Crippen LogP contribution in [0.1, 0.15) is 12.8 Å². The van der Waals surface area contributed by atoms with Crippen LogP contribution in [0.25, 0.3) is 0 Å². The van der Waals surface area contributed by atoms with Crippen LogP contribution in [-0.2, 0) is 0 Å². The maximum absolute atomic E-state index is 8.69. The number of hydrogen-bond acceptors (Lipinski definition) is 4. The molecule has 10 heavy (non-hydrogen) atoms. The maximum Gasteiger partial charge on any atom is 0.0598 e. The molecule has 4 heteroatoms. The van der Waals surface area contributed by atoms with Gasteiger partial charge in [-0.3, -0.25) is 0 Å². The lowest BCUT2D eigenvalue weighted by Gasteiger charge is -2.22. The first-order valence-electron chi connectivity index (χ1n) is 3.23. The van der Waals surface area contributed by atoms with Crippen molar-refractivity contribution in [3.05, 3.63) is 0 Å². The first-order chi connectivity index (χ1) is 4.68. The fraction of sp³-hybridized carbons (Fsp3) is 1.00. The standard InChI is InChI=1S/C6H14O3S/c7-3-1-2-6(10,4-8)5-9/h7-10H,1-5H2. The van der Waals surface area contributed by atoms with Crippen molar-refractivity contribution in [2.45, 2.75) is 17.6 Å². The van der Waals surface area contributed by atoms with E-state index in [4.69, 9.17) is 15.3 Å². The minimum absolute atomic E-state index is 0.0717. The molecule has 0 saturated carbocycles. The largest absolute Gasteiger partial charge is 0.396 e. The van der Waals surface area contributed by atoms with E-state index in [0.717, 1.165) is 0 Å². The summed E-state index contributed by atoms with van der Waals surface area (Å²) < 4.78 is -0.720. The Morgan fingerprint density at radius 2 is 1.60 bits per heavy atom. The van der Waals surface area contributed by atoms with Gasteiger partial charge in [0.05, 0.1) is 18.0 Å². The van der Waals surface area contributed by atoms with Gasteiger partial charge in [0.2, 0.25) is 0 Å². The number of rotatable bonds is 5. The molecule has 0 bridgehead atoms. The molecule has 3 nitrogen and oxygen atoms in total. The van der Waals surface area contributed by atoms with Gasteiger partial charge in [0.1, 0.15) is 0 Å². The third-order valence-corrected chi connectivity index (χ3v) is 1.90. The predicted molar refractivity (Wildman–Crippen MR) is 42.2 cm³/mol. The monoisotopic (exact) mass is 166 g/mol. The third kappa shape index (κ3) is 3.41. The highest BCUT2D eigenvalue weighted by atomic mass is 32.1. The molecule has 0 aliphatic rings. The molecule has 0 saturated heterocycles. The molecule has 0 spiro atoms. The van der Waals surface area contributed by atoms with E-state index in [1.165, 1.54) is 0 Å². The van der Waals surface area contributed by atoms with E-state index in [2.05, 4.69) is 12.6 Å². The Bertz CT molecular complexity index is 83.1. The highest BCUT2D eigenvalue weighted by Gasteiger charge is 2.22. The molecule has 0 aromatic carbocycles. The molecule has 0 unspecified atom stereocenters. The molecule has 0 radical (unpaired) electrons. The Morgan fingerprint density at radius 1 is 1.10 bits per heavy atom. The van der Waals surface area contributed by atoms with Crippen molar-refractivity contribution in [3.63, 3.8) is 0 Å². The first-order valence-corrected chi connectivity index (χ1v) is 3.68. The van der Waals surface area contributed by atoms with Crippen molar-refractivity contribution in [2.75, 3.05) is 19.8 Å². The van der Waals surface area contributed by atoms with Crippen molar-refractivity contribution in [3.8, 4) is 0 Å². The van der Waals surface area contributed by atoms with Crippen LogP contribution in [-0.4, -0.2) is 39.9 Å². The molecule has 0 aliphatic carbocycles. The zero-order valence-corrected chi connectivity index (χ0v) is 6.72. The maximum atomic E-state index is 8.69. The Labute approximate surface area is 66.1 Å². The molecule has 0 rings (SSSR count). The first kappa shape index (κ1) is 10.2. The lowest BCUT2D eigenvalue weighted by atomic mass is 10.1. The highest BCUT2D eigenvalue weighted by molar-refractivity contribution is 7.81. The summed E-state index contributed by atoms with van der Waals surface area (Å²) >= 11 is 4.04. The summed E-state index contributed by atoms with van der Waals surface area (Å²) in [5.41, 5.74) is 0. The van der Waals surface area contributed by atoms with E-state index in [0.29, 0.717) is 12.8 Å². The van der Waals surface area contributed by atoms with Crippen LogP contribution in [0.15, 0.2) is 0 Å². The van der Waals surface area contributed by atoms with Crippen LogP contribution >= 0.6 is 12.6 Å². The van der Waals surface area contributed by atoms with Gasteiger partial charge in [-0.2, -0.15) is 12.6 Å². The second kappa shape index (κ2) is 4.96. The SMILES string of the molecule is OCCCC(S)(CO)CO. The number of thiol groups is 1. The van der Waals surface area contributed by atoms with E-state index >= 15 is 0 Å². The second-order valence-electron chi connectivity index (χ2n) is 2.37. The minimum Gasteiger partial charge on any atom is -0.396 e. The Balaban J connectivity index is 3.58. The smallest absolute Gasteiger partial charge is 0.0598 e. The van der Waals surface area contributed by atoms with Crippen molar-refractivity contribution < 1.29 is 15.3 Å². The van der Waals surface area contributed by atoms with Gasteiger partial charge < -0.3 is 15.3 Å².